The molecule has 1 fully saturated rings. The van der Waals surface area contributed by atoms with E-state index in [-0.39, 0.29) is 0 Å². The van der Waals surface area contributed by atoms with Crippen molar-refractivity contribution >= 4 is 17.7 Å². The Morgan fingerprint density at radius 3 is 3.00 bits per heavy atom. The van der Waals surface area contributed by atoms with Crippen molar-refractivity contribution in [1.29, 1.82) is 0 Å². The second-order valence-corrected chi connectivity index (χ2v) is 6.16. The molecule has 0 atom stereocenters. The zero-order chi connectivity index (χ0) is 13.5. The van der Waals surface area contributed by atoms with Crippen LogP contribution in [0.25, 0.3) is 0 Å². The van der Waals surface area contributed by atoms with E-state index in [0.717, 1.165) is 37.8 Å². The average Bonchev–Trinajstić information content (AvgIpc) is 2.81. The first kappa shape index (κ1) is 14.7. The number of nitrogens with zero attached hydrogens (tertiary/aromatic N) is 2. The van der Waals surface area contributed by atoms with Crippen molar-refractivity contribution in [3.05, 3.63) is 11.9 Å². The van der Waals surface area contributed by atoms with Crippen molar-refractivity contribution in [2.75, 3.05) is 36.6 Å². The highest BCUT2D eigenvalue weighted by molar-refractivity contribution is 7.99. The van der Waals surface area contributed by atoms with Crippen LogP contribution in [0.4, 0.5) is 5.95 Å². The lowest BCUT2D eigenvalue weighted by molar-refractivity contribution is 0.147. The van der Waals surface area contributed by atoms with Gasteiger partial charge in [0.25, 0.3) is 0 Å². The fourth-order valence-corrected chi connectivity index (χ4v) is 3.49. The number of ether oxygens (including phenoxy) is 1. The second-order valence-electron chi connectivity index (χ2n) is 4.93. The normalized spacial score (nSPS) is 16.7. The van der Waals surface area contributed by atoms with Crippen molar-refractivity contribution in [1.82, 2.24) is 9.55 Å². The van der Waals surface area contributed by atoms with Gasteiger partial charge in [0.15, 0.2) is 0 Å². The van der Waals surface area contributed by atoms with Gasteiger partial charge in [-0.05, 0) is 44.6 Å². The summed E-state index contributed by atoms with van der Waals surface area (Å²) in [6.45, 7) is 6.65. The number of hydrogen-bond donors (Lipinski definition) is 1. The Morgan fingerprint density at radius 2 is 2.26 bits per heavy atom. The first-order chi connectivity index (χ1) is 9.31. The molecular formula is C14H25N3OS. The number of rotatable bonds is 7. The molecule has 0 radical (unpaired) electrons. The maximum Gasteiger partial charge on any atom is 0.203 e. The van der Waals surface area contributed by atoms with Crippen molar-refractivity contribution in [3.63, 3.8) is 0 Å². The maximum absolute atomic E-state index is 5.35. The van der Waals surface area contributed by atoms with Gasteiger partial charge >= 0.3 is 0 Å². The minimum Gasteiger partial charge on any atom is -0.382 e. The Kier molecular flexibility index (Phi) is 6.04. The second kappa shape index (κ2) is 7.80. The molecule has 1 N–H and O–H groups in total. The van der Waals surface area contributed by atoms with E-state index in [1.54, 1.807) is 0 Å². The summed E-state index contributed by atoms with van der Waals surface area (Å²) in [6.07, 6.45) is 5.73. The summed E-state index contributed by atoms with van der Waals surface area (Å²) in [5.41, 5.74) is 1.10. The van der Waals surface area contributed by atoms with E-state index in [0.29, 0.717) is 6.04 Å². The minimum atomic E-state index is 0.622. The van der Waals surface area contributed by atoms with Gasteiger partial charge in [-0.1, -0.05) is 0 Å². The monoisotopic (exact) mass is 283 g/mol. The Balaban J connectivity index is 1.88. The van der Waals surface area contributed by atoms with Crippen LogP contribution in [0, 0.1) is 6.92 Å². The standard InChI is InChI=1S/C14H25N3OS/c1-3-18-8-4-7-15-14-16-12(2)11-17(14)13-5-9-19-10-6-13/h11,13H,3-10H2,1-2H3,(H,15,16). The van der Waals surface area contributed by atoms with Crippen molar-refractivity contribution in [3.8, 4) is 0 Å². The molecule has 0 bridgehead atoms. The molecule has 0 amide bonds. The fourth-order valence-electron chi connectivity index (χ4n) is 2.41. The predicted octanol–water partition coefficient (Wildman–Crippen LogP) is 3.10. The molecule has 0 unspecified atom stereocenters. The molecule has 5 heteroatoms. The molecule has 0 spiro atoms. The highest BCUT2D eigenvalue weighted by Crippen LogP contribution is 2.29. The van der Waals surface area contributed by atoms with Gasteiger partial charge in [-0.2, -0.15) is 11.8 Å². The summed E-state index contributed by atoms with van der Waals surface area (Å²) < 4.78 is 7.70. The zero-order valence-electron chi connectivity index (χ0n) is 12.0. The van der Waals surface area contributed by atoms with Gasteiger partial charge in [0.1, 0.15) is 0 Å². The molecule has 1 saturated heterocycles. The zero-order valence-corrected chi connectivity index (χ0v) is 12.8. The Hall–Kier alpha value is -0.680. The van der Waals surface area contributed by atoms with Gasteiger partial charge in [0.2, 0.25) is 5.95 Å². The largest absolute Gasteiger partial charge is 0.382 e. The molecule has 0 saturated carbocycles. The van der Waals surface area contributed by atoms with Crippen LogP contribution in [-0.2, 0) is 4.74 Å². The average molecular weight is 283 g/mol. The molecule has 0 aliphatic carbocycles. The van der Waals surface area contributed by atoms with E-state index in [1.807, 2.05) is 6.92 Å². The molecule has 108 valence electrons. The first-order valence-electron chi connectivity index (χ1n) is 7.26. The third kappa shape index (κ3) is 4.42. The van der Waals surface area contributed by atoms with Crippen molar-refractivity contribution < 1.29 is 4.74 Å². The van der Waals surface area contributed by atoms with E-state index in [1.165, 1.54) is 24.3 Å². The van der Waals surface area contributed by atoms with Crippen LogP contribution in [0.2, 0.25) is 0 Å². The highest BCUT2D eigenvalue weighted by Gasteiger charge is 2.18. The molecule has 4 nitrogen and oxygen atoms in total. The number of nitrogens with one attached hydrogen (secondary N) is 1. The van der Waals surface area contributed by atoms with Gasteiger partial charge in [0.05, 0.1) is 5.69 Å². The summed E-state index contributed by atoms with van der Waals surface area (Å²) in [5, 5.41) is 3.46. The van der Waals surface area contributed by atoms with Gasteiger partial charge in [-0.3, -0.25) is 0 Å². The first-order valence-corrected chi connectivity index (χ1v) is 8.41. The van der Waals surface area contributed by atoms with Crippen LogP contribution in [0.1, 0.15) is 37.9 Å². The predicted molar refractivity (Wildman–Crippen MR) is 82.2 cm³/mol. The minimum absolute atomic E-state index is 0.622. The van der Waals surface area contributed by atoms with Gasteiger partial charge in [-0.25, -0.2) is 4.98 Å². The Morgan fingerprint density at radius 1 is 1.47 bits per heavy atom. The Labute approximate surface area is 120 Å². The SMILES string of the molecule is CCOCCCNc1nc(C)cn1C1CCSCC1. The van der Waals surface area contributed by atoms with Crippen molar-refractivity contribution in [2.24, 2.45) is 0 Å². The third-order valence-corrected chi connectivity index (χ3v) is 4.44. The van der Waals surface area contributed by atoms with Gasteiger partial charge in [0, 0.05) is 32.0 Å². The Bertz CT molecular complexity index is 375. The summed E-state index contributed by atoms with van der Waals surface area (Å²) in [4.78, 5) is 4.61. The topological polar surface area (TPSA) is 39.1 Å². The molecule has 1 aliphatic heterocycles. The molecule has 1 aromatic rings. The molecule has 1 aromatic heterocycles. The summed E-state index contributed by atoms with van der Waals surface area (Å²) in [5.74, 6) is 3.57. The number of aromatic nitrogens is 2. The molecule has 19 heavy (non-hydrogen) atoms. The van der Waals surface area contributed by atoms with Crippen molar-refractivity contribution in [2.45, 2.75) is 39.2 Å². The maximum atomic E-state index is 5.35. The van der Waals surface area contributed by atoms with Crippen LogP contribution >= 0.6 is 11.8 Å². The molecule has 2 heterocycles. The van der Waals surface area contributed by atoms with Crippen LogP contribution in [0.15, 0.2) is 6.20 Å². The molecule has 1 aliphatic rings. The lowest BCUT2D eigenvalue weighted by atomic mass is 10.1. The van der Waals surface area contributed by atoms with Crippen LogP contribution < -0.4 is 5.32 Å². The number of anilines is 1. The van der Waals surface area contributed by atoms with Gasteiger partial charge < -0.3 is 14.6 Å². The summed E-state index contributed by atoms with van der Waals surface area (Å²) >= 11 is 2.06. The number of imidazole rings is 1. The number of thioether (sulfide) groups is 1. The number of hydrogen-bond acceptors (Lipinski definition) is 4. The van der Waals surface area contributed by atoms with E-state index < -0.39 is 0 Å². The molecule has 0 aromatic carbocycles. The number of aryl methyl sites for hydroxylation is 1. The quantitative estimate of drug-likeness (QED) is 0.781. The summed E-state index contributed by atoms with van der Waals surface area (Å²) in [7, 11) is 0. The lowest BCUT2D eigenvalue weighted by Gasteiger charge is -2.24. The molecular weight excluding hydrogens is 258 g/mol. The van der Waals surface area contributed by atoms with Crippen LogP contribution in [0.3, 0.4) is 0 Å². The lowest BCUT2D eigenvalue weighted by Crippen LogP contribution is -2.18. The van der Waals surface area contributed by atoms with Crippen LogP contribution in [-0.4, -0.2) is 40.8 Å². The van der Waals surface area contributed by atoms with Crippen LogP contribution in [0.5, 0.6) is 0 Å². The third-order valence-electron chi connectivity index (χ3n) is 3.39. The van der Waals surface area contributed by atoms with E-state index in [4.69, 9.17) is 4.74 Å². The smallest absolute Gasteiger partial charge is 0.203 e. The summed E-state index contributed by atoms with van der Waals surface area (Å²) in [6, 6.07) is 0.622. The molecule has 2 rings (SSSR count). The fraction of sp³-hybridized carbons (Fsp3) is 0.786. The van der Waals surface area contributed by atoms with E-state index in [9.17, 15) is 0 Å². The van der Waals surface area contributed by atoms with Gasteiger partial charge in [-0.15, -0.1) is 0 Å². The highest BCUT2D eigenvalue weighted by atomic mass is 32.2. The van der Waals surface area contributed by atoms with E-state index >= 15 is 0 Å². The van der Waals surface area contributed by atoms with E-state index in [2.05, 4.69) is 39.8 Å².